The molecule has 0 spiro atoms. The Morgan fingerprint density at radius 3 is 2.35 bits per heavy atom. The van der Waals surface area contributed by atoms with Gasteiger partial charge in [-0.3, -0.25) is 4.79 Å². The molecule has 0 saturated carbocycles. The van der Waals surface area contributed by atoms with E-state index in [0.29, 0.717) is 0 Å². The summed E-state index contributed by atoms with van der Waals surface area (Å²) in [6.07, 6.45) is 2.22. The highest BCUT2D eigenvalue weighted by atomic mass is 16.5. The van der Waals surface area contributed by atoms with Gasteiger partial charge in [0.05, 0.1) is 6.10 Å². The summed E-state index contributed by atoms with van der Waals surface area (Å²) in [5.41, 5.74) is 2.10. The lowest BCUT2D eigenvalue weighted by Gasteiger charge is -2.22. The Kier molecular flexibility index (Phi) is 4.95. The molecule has 1 aromatic carbocycles. The molecule has 0 radical (unpaired) electrons. The molecule has 1 fully saturated rings. The minimum atomic E-state index is 0.0731. The maximum atomic E-state index is 12.1. The van der Waals surface area contributed by atoms with Crippen LogP contribution >= 0.6 is 0 Å². The number of ether oxygens (including phenoxy) is 1. The van der Waals surface area contributed by atoms with Gasteiger partial charge in [-0.15, -0.1) is 0 Å². The maximum Gasteiger partial charge on any atom is 0.188 e. The monoisotopic (exact) mass is 275 g/mol. The molecule has 1 saturated heterocycles. The van der Waals surface area contributed by atoms with Gasteiger partial charge in [-0.2, -0.15) is 0 Å². The fourth-order valence-electron chi connectivity index (χ4n) is 2.40. The summed E-state index contributed by atoms with van der Waals surface area (Å²) in [6.45, 7) is 8.68. The minimum Gasteiger partial charge on any atom is -0.370 e. The van der Waals surface area contributed by atoms with Gasteiger partial charge in [-0.25, -0.2) is 0 Å². The number of Topliss-reactive ketones (excluding diaryl/α,β-unsaturated/α-hetero) is 1. The number of benzene rings is 1. The first-order valence-corrected chi connectivity index (χ1v) is 7.43. The molecular weight excluding hydrogens is 250 g/mol. The highest BCUT2D eigenvalue weighted by Crippen LogP contribution is 2.22. The molecular formula is C17H25NO2. The summed E-state index contributed by atoms with van der Waals surface area (Å²) in [6, 6.07) is 7.90. The van der Waals surface area contributed by atoms with Gasteiger partial charge in [0.1, 0.15) is 6.61 Å². The number of hydrogen-bond donors (Lipinski definition) is 1. The predicted molar refractivity (Wildman–Crippen MR) is 81.3 cm³/mol. The zero-order valence-electron chi connectivity index (χ0n) is 12.7. The summed E-state index contributed by atoms with van der Waals surface area (Å²) in [4.78, 5) is 12.1. The van der Waals surface area contributed by atoms with Gasteiger partial charge >= 0.3 is 0 Å². The zero-order chi connectivity index (χ0) is 14.6. The maximum absolute atomic E-state index is 12.1. The average molecular weight is 275 g/mol. The Balaban J connectivity index is 1.89. The lowest BCUT2D eigenvalue weighted by Crippen LogP contribution is -2.33. The third-order valence-electron chi connectivity index (χ3n) is 3.81. The fourth-order valence-corrected chi connectivity index (χ4v) is 2.40. The van der Waals surface area contributed by atoms with E-state index >= 15 is 0 Å². The van der Waals surface area contributed by atoms with Crippen LogP contribution in [0.2, 0.25) is 0 Å². The average Bonchev–Trinajstić information content (AvgIpc) is 2.45. The second-order valence-electron chi connectivity index (χ2n) is 6.51. The van der Waals surface area contributed by atoms with Crippen LogP contribution in [0.15, 0.2) is 24.3 Å². The number of piperidine rings is 1. The van der Waals surface area contributed by atoms with Crippen molar-refractivity contribution in [1.29, 1.82) is 0 Å². The standard InChI is InChI=1S/C17H25NO2/c1-17(2,3)14-6-4-13(5-7-14)16(19)12-20-15-8-10-18-11-9-15/h4-7,15,18H,8-12H2,1-3H3. The molecule has 3 nitrogen and oxygen atoms in total. The van der Waals surface area contributed by atoms with Crippen LogP contribution in [0.1, 0.15) is 49.5 Å². The molecule has 0 amide bonds. The topological polar surface area (TPSA) is 38.3 Å². The largest absolute Gasteiger partial charge is 0.370 e. The Morgan fingerprint density at radius 2 is 1.80 bits per heavy atom. The molecule has 0 bridgehead atoms. The SMILES string of the molecule is CC(C)(C)c1ccc(C(=O)COC2CCNCC2)cc1. The van der Waals surface area contributed by atoms with E-state index in [9.17, 15) is 4.79 Å². The van der Waals surface area contributed by atoms with Crippen LogP contribution in [0, 0.1) is 0 Å². The molecule has 0 aromatic heterocycles. The van der Waals surface area contributed by atoms with Crippen molar-refractivity contribution >= 4 is 5.78 Å². The first kappa shape index (κ1) is 15.2. The van der Waals surface area contributed by atoms with E-state index in [0.717, 1.165) is 31.5 Å². The highest BCUT2D eigenvalue weighted by molar-refractivity contribution is 5.97. The molecule has 0 atom stereocenters. The summed E-state index contributed by atoms with van der Waals surface area (Å²) in [5, 5.41) is 3.29. The van der Waals surface area contributed by atoms with Crippen LogP contribution in [-0.2, 0) is 10.2 Å². The molecule has 0 unspecified atom stereocenters. The van der Waals surface area contributed by atoms with Crippen LogP contribution in [0.4, 0.5) is 0 Å². The van der Waals surface area contributed by atoms with Crippen molar-refractivity contribution in [2.24, 2.45) is 0 Å². The van der Waals surface area contributed by atoms with Gasteiger partial charge in [-0.05, 0) is 36.9 Å². The molecule has 1 heterocycles. The van der Waals surface area contributed by atoms with Gasteiger partial charge in [0.15, 0.2) is 5.78 Å². The first-order valence-electron chi connectivity index (χ1n) is 7.43. The summed E-state index contributed by atoms with van der Waals surface area (Å²) < 4.78 is 5.71. The minimum absolute atomic E-state index is 0.0731. The summed E-state index contributed by atoms with van der Waals surface area (Å²) in [5.74, 6) is 0.0731. The van der Waals surface area contributed by atoms with Crippen molar-refractivity contribution in [3.8, 4) is 0 Å². The summed E-state index contributed by atoms with van der Waals surface area (Å²) in [7, 11) is 0. The third-order valence-corrected chi connectivity index (χ3v) is 3.81. The first-order chi connectivity index (χ1) is 9.47. The van der Waals surface area contributed by atoms with Crippen LogP contribution < -0.4 is 5.32 Å². The normalized spacial score (nSPS) is 17.1. The van der Waals surface area contributed by atoms with Crippen molar-refractivity contribution < 1.29 is 9.53 Å². The molecule has 3 heteroatoms. The second-order valence-corrected chi connectivity index (χ2v) is 6.51. The van der Waals surface area contributed by atoms with Crippen molar-refractivity contribution in [3.05, 3.63) is 35.4 Å². The molecule has 0 aliphatic carbocycles. The van der Waals surface area contributed by atoms with E-state index in [1.54, 1.807) is 0 Å². The zero-order valence-corrected chi connectivity index (χ0v) is 12.7. The van der Waals surface area contributed by atoms with Crippen LogP contribution in [0.5, 0.6) is 0 Å². The smallest absolute Gasteiger partial charge is 0.188 e. The predicted octanol–water partition coefficient (Wildman–Crippen LogP) is 2.94. The van der Waals surface area contributed by atoms with Crippen molar-refractivity contribution in [2.75, 3.05) is 19.7 Å². The van der Waals surface area contributed by atoms with Crippen LogP contribution in [-0.4, -0.2) is 31.6 Å². The van der Waals surface area contributed by atoms with Gasteiger partial charge < -0.3 is 10.1 Å². The van der Waals surface area contributed by atoms with E-state index < -0.39 is 0 Å². The van der Waals surface area contributed by atoms with E-state index in [1.165, 1.54) is 5.56 Å². The van der Waals surface area contributed by atoms with E-state index in [1.807, 2.05) is 24.3 Å². The van der Waals surface area contributed by atoms with Crippen molar-refractivity contribution in [3.63, 3.8) is 0 Å². The van der Waals surface area contributed by atoms with Gasteiger partial charge in [-0.1, -0.05) is 45.0 Å². The lowest BCUT2D eigenvalue weighted by atomic mass is 9.86. The van der Waals surface area contributed by atoms with E-state index in [-0.39, 0.29) is 23.9 Å². The van der Waals surface area contributed by atoms with Gasteiger partial charge in [0.2, 0.25) is 0 Å². The van der Waals surface area contributed by atoms with Gasteiger partial charge in [0.25, 0.3) is 0 Å². The number of carbonyl (C=O) groups excluding carboxylic acids is 1. The Morgan fingerprint density at radius 1 is 1.20 bits per heavy atom. The second kappa shape index (κ2) is 6.51. The van der Waals surface area contributed by atoms with Gasteiger partial charge in [0, 0.05) is 5.56 Å². The Hall–Kier alpha value is -1.19. The quantitative estimate of drug-likeness (QED) is 0.859. The molecule has 1 N–H and O–H groups in total. The molecule has 1 aliphatic heterocycles. The number of ketones is 1. The van der Waals surface area contributed by atoms with Crippen molar-refractivity contribution in [2.45, 2.75) is 45.1 Å². The highest BCUT2D eigenvalue weighted by Gasteiger charge is 2.17. The lowest BCUT2D eigenvalue weighted by molar-refractivity contribution is 0.0317. The Labute approximate surface area is 121 Å². The number of nitrogens with one attached hydrogen (secondary N) is 1. The Bertz CT molecular complexity index is 439. The van der Waals surface area contributed by atoms with Crippen molar-refractivity contribution in [1.82, 2.24) is 5.32 Å². The van der Waals surface area contributed by atoms with Crippen LogP contribution in [0.25, 0.3) is 0 Å². The van der Waals surface area contributed by atoms with E-state index in [4.69, 9.17) is 4.74 Å². The molecule has 20 heavy (non-hydrogen) atoms. The third kappa shape index (κ3) is 4.15. The molecule has 2 rings (SSSR count). The molecule has 110 valence electrons. The number of hydrogen-bond acceptors (Lipinski definition) is 3. The van der Waals surface area contributed by atoms with E-state index in [2.05, 4.69) is 26.1 Å². The summed E-state index contributed by atoms with van der Waals surface area (Å²) >= 11 is 0. The molecule has 1 aliphatic rings. The number of rotatable bonds is 4. The molecule has 1 aromatic rings. The number of carbonyl (C=O) groups is 1. The van der Waals surface area contributed by atoms with Crippen LogP contribution in [0.3, 0.4) is 0 Å². The fraction of sp³-hybridized carbons (Fsp3) is 0.588.